The number of carbonyl (C=O) groups is 2. The Labute approximate surface area is 223 Å². The van der Waals surface area contributed by atoms with E-state index in [1.54, 1.807) is 6.20 Å². The minimum atomic E-state index is -0.989. The number of aryl methyl sites for hydroxylation is 1. The molecule has 5 rings (SSSR count). The smallest absolute Gasteiger partial charge is 0.326 e. The van der Waals surface area contributed by atoms with Gasteiger partial charge in [0.25, 0.3) is 0 Å². The Kier molecular flexibility index (Phi) is 8.70. The standard InChI is InChI=1S/C28H38N6O4/c35-27(21-8-16-34(18-21)25-5-1-2-12-29-25)32-24(28(36)37)10-15-33-14-9-23(19-33)38-17-11-22-7-6-20-4-3-13-30-26(20)31-22/h1-2,5-7,12,21,23-24H,3-4,8-11,13-19H2,(H,30,31)(H,32,35)(H,36,37)/t21-,23+,24-/m0/s1. The number of rotatable bonds is 11. The van der Waals surface area contributed by atoms with Gasteiger partial charge in [0, 0.05) is 57.6 Å². The van der Waals surface area contributed by atoms with Gasteiger partial charge >= 0.3 is 5.97 Å². The number of pyridine rings is 2. The summed E-state index contributed by atoms with van der Waals surface area (Å²) in [6.07, 6.45) is 6.88. The lowest BCUT2D eigenvalue weighted by molar-refractivity contribution is -0.142. The molecule has 2 saturated heterocycles. The molecule has 2 fully saturated rings. The molecule has 10 heteroatoms. The van der Waals surface area contributed by atoms with E-state index in [4.69, 9.17) is 9.72 Å². The summed E-state index contributed by atoms with van der Waals surface area (Å²) < 4.78 is 6.12. The Morgan fingerprint density at radius 1 is 1.18 bits per heavy atom. The molecule has 5 heterocycles. The lowest BCUT2D eigenvalue weighted by atomic mass is 10.1. The number of aliphatic carboxylic acids is 1. The van der Waals surface area contributed by atoms with E-state index in [1.165, 1.54) is 5.56 Å². The molecule has 0 aliphatic carbocycles. The van der Waals surface area contributed by atoms with Crippen molar-refractivity contribution >= 4 is 23.5 Å². The molecule has 1 amide bonds. The first-order valence-corrected chi connectivity index (χ1v) is 13.8. The maximum Gasteiger partial charge on any atom is 0.326 e. The number of hydrogen-bond donors (Lipinski definition) is 3. The summed E-state index contributed by atoms with van der Waals surface area (Å²) in [5.41, 5.74) is 2.33. The molecule has 3 atom stereocenters. The third-order valence-electron chi connectivity index (χ3n) is 7.77. The summed E-state index contributed by atoms with van der Waals surface area (Å²) >= 11 is 0. The molecule has 0 radical (unpaired) electrons. The first-order chi connectivity index (χ1) is 18.5. The monoisotopic (exact) mass is 522 g/mol. The Balaban J connectivity index is 1.02. The summed E-state index contributed by atoms with van der Waals surface area (Å²) in [7, 11) is 0. The van der Waals surface area contributed by atoms with Crippen LogP contribution >= 0.6 is 0 Å². The van der Waals surface area contributed by atoms with Gasteiger partial charge in [-0.05, 0) is 55.9 Å². The fraction of sp³-hybridized carbons (Fsp3) is 0.571. The molecule has 2 aromatic heterocycles. The van der Waals surface area contributed by atoms with Gasteiger partial charge in [0.15, 0.2) is 0 Å². The van der Waals surface area contributed by atoms with Gasteiger partial charge in [0.1, 0.15) is 17.7 Å². The van der Waals surface area contributed by atoms with Gasteiger partial charge in [0.2, 0.25) is 5.91 Å². The molecule has 3 aliphatic heterocycles. The summed E-state index contributed by atoms with van der Waals surface area (Å²) in [4.78, 5) is 38.1. The highest BCUT2D eigenvalue weighted by Crippen LogP contribution is 2.23. The third-order valence-corrected chi connectivity index (χ3v) is 7.77. The van der Waals surface area contributed by atoms with Gasteiger partial charge in [-0.3, -0.25) is 4.79 Å². The quantitative estimate of drug-likeness (QED) is 0.407. The average molecular weight is 523 g/mol. The van der Waals surface area contributed by atoms with Crippen molar-refractivity contribution in [1.29, 1.82) is 0 Å². The van der Waals surface area contributed by atoms with Crippen molar-refractivity contribution in [3.63, 3.8) is 0 Å². The Morgan fingerprint density at radius 2 is 2.11 bits per heavy atom. The summed E-state index contributed by atoms with van der Waals surface area (Å²) in [5, 5.41) is 15.9. The predicted octanol–water partition coefficient (Wildman–Crippen LogP) is 1.95. The van der Waals surface area contributed by atoms with Gasteiger partial charge in [0.05, 0.1) is 18.6 Å². The van der Waals surface area contributed by atoms with Gasteiger partial charge in [-0.2, -0.15) is 0 Å². The van der Waals surface area contributed by atoms with Crippen LogP contribution in [-0.4, -0.2) is 89.9 Å². The lowest BCUT2D eigenvalue weighted by Crippen LogP contribution is -2.45. The average Bonchev–Trinajstić information content (AvgIpc) is 3.61. The van der Waals surface area contributed by atoms with Crippen molar-refractivity contribution in [2.75, 3.05) is 56.1 Å². The van der Waals surface area contributed by atoms with Crippen LogP contribution in [0.4, 0.5) is 11.6 Å². The number of nitrogens with zero attached hydrogens (tertiary/aromatic N) is 4. The van der Waals surface area contributed by atoms with Crippen LogP contribution in [-0.2, 0) is 27.2 Å². The zero-order valence-electron chi connectivity index (χ0n) is 21.8. The van der Waals surface area contributed by atoms with Crippen molar-refractivity contribution < 1.29 is 19.4 Å². The summed E-state index contributed by atoms with van der Waals surface area (Å²) in [5.74, 6) is 0.448. The highest BCUT2D eigenvalue weighted by molar-refractivity contribution is 5.85. The van der Waals surface area contributed by atoms with Crippen LogP contribution in [0.25, 0.3) is 0 Å². The molecule has 10 nitrogen and oxygen atoms in total. The van der Waals surface area contributed by atoms with E-state index in [9.17, 15) is 14.7 Å². The minimum absolute atomic E-state index is 0.139. The maximum absolute atomic E-state index is 12.8. The number of aromatic nitrogens is 2. The normalized spacial score (nSPS) is 22.1. The van der Waals surface area contributed by atoms with Crippen molar-refractivity contribution in [1.82, 2.24) is 20.2 Å². The molecule has 0 bridgehead atoms. The largest absolute Gasteiger partial charge is 0.480 e. The molecule has 0 saturated carbocycles. The van der Waals surface area contributed by atoms with E-state index >= 15 is 0 Å². The number of amides is 1. The molecule has 0 unspecified atom stereocenters. The fourth-order valence-electron chi connectivity index (χ4n) is 5.56. The Morgan fingerprint density at radius 3 is 2.95 bits per heavy atom. The second-order valence-corrected chi connectivity index (χ2v) is 10.5. The first kappa shape index (κ1) is 26.4. The molecule has 0 spiro atoms. The maximum atomic E-state index is 12.8. The highest BCUT2D eigenvalue weighted by Gasteiger charge is 2.32. The Bertz CT molecular complexity index is 1100. The van der Waals surface area contributed by atoms with Crippen molar-refractivity contribution in [2.24, 2.45) is 5.92 Å². The Hall–Kier alpha value is -3.24. The zero-order valence-corrected chi connectivity index (χ0v) is 21.8. The number of carboxylic acids is 1. The second-order valence-electron chi connectivity index (χ2n) is 10.5. The molecular weight excluding hydrogens is 484 g/mol. The van der Waals surface area contributed by atoms with Crippen LogP contribution in [0.5, 0.6) is 0 Å². The molecule has 3 N–H and O–H groups in total. The number of ether oxygens (including phenoxy) is 1. The van der Waals surface area contributed by atoms with Gasteiger partial charge in [-0.15, -0.1) is 0 Å². The van der Waals surface area contributed by atoms with E-state index in [0.717, 1.165) is 69.2 Å². The number of nitrogens with one attached hydrogen (secondary N) is 2. The SMILES string of the molecule is O=C(N[C@@H](CCN1CC[C@@H](OCCc2ccc3c(n2)NCCC3)C1)C(=O)O)[C@H]1CCN(c2ccccn2)C1. The van der Waals surface area contributed by atoms with E-state index in [0.29, 0.717) is 32.5 Å². The van der Waals surface area contributed by atoms with Crippen LogP contribution in [0.2, 0.25) is 0 Å². The van der Waals surface area contributed by atoms with Crippen LogP contribution < -0.4 is 15.5 Å². The van der Waals surface area contributed by atoms with E-state index in [1.807, 2.05) is 18.2 Å². The molecule has 3 aliphatic rings. The number of anilines is 2. The topological polar surface area (TPSA) is 120 Å². The van der Waals surface area contributed by atoms with Gasteiger partial charge in [-0.25, -0.2) is 14.8 Å². The molecular formula is C28H38N6O4. The molecule has 38 heavy (non-hydrogen) atoms. The second kappa shape index (κ2) is 12.5. The summed E-state index contributed by atoms with van der Waals surface area (Å²) in [6, 6.07) is 9.08. The zero-order chi connectivity index (χ0) is 26.3. The van der Waals surface area contributed by atoms with Crippen LogP contribution in [0.3, 0.4) is 0 Å². The van der Waals surface area contributed by atoms with E-state index < -0.39 is 12.0 Å². The van der Waals surface area contributed by atoms with E-state index in [2.05, 4.69) is 37.6 Å². The molecule has 0 aromatic carbocycles. The minimum Gasteiger partial charge on any atom is -0.480 e. The van der Waals surface area contributed by atoms with Crippen molar-refractivity contribution in [2.45, 2.75) is 50.7 Å². The number of hydrogen-bond acceptors (Lipinski definition) is 8. The van der Waals surface area contributed by atoms with Crippen molar-refractivity contribution in [3.8, 4) is 0 Å². The highest BCUT2D eigenvalue weighted by atomic mass is 16.5. The summed E-state index contributed by atoms with van der Waals surface area (Å²) in [6.45, 7) is 5.15. The number of likely N-dealkylation sites (tertiary alicyclic amines) is 1. The number of fused-ring (bicyclic) bond motifs is 1. The third kappa shape index (κ3) is 6.79. The van der Waals surface area contributed by atoms with Crippen LogP contribution in [0, 0.1) is 5.92 Å². The first-order valence-electron chi connectivity index (χ1n) is 13.8. The van der Waals surface area contributed by atoms with Crippen molar-refractivity contribution in [3.05, 3.63) is 47.8 Å². The van der Waals surface area contributed by atoms with Gasteiger partial charge in [-0.1, -0.05) is 12.1 Å². The van der Waals surface area contributed by atoms with Crippen LogP contribution in [0.1, 0.15) is 36.9 Å². The van der Waals surface area contributed by atoms with Gasteiger partial charge < -0.3 is 30.3 Å². The molecule has 2 aromatic rings. The van der Waals surface area contributed by atoms with E-state index in [-0.39, 0.29) is 17.9 Å². The predicted molar refractivity (Wildman–Crippen MR) is 144 cm³/mol. The number of carboxylic acid groups (broad SMARTS) is 1. The number of carbonyl (C=O) groups excluding carboxylic acids is 1. The fourth-order valence-corrected chi connectivity index (χ4v) is 5.56. The van der Waals surface area contributed by atoms with Crippen LogP contribution in [0.15, 0.2) is 36.5 Å². The lowest BCUT2D eigenvalue weighted by Gasteiger charge is -2.21. The molecule has 204 valence electrons.